The van der Waals surface area contributed by atoms with E-state index in [0.717, 1.165) is 31.4 Å². The number of nitrogens with one attached hydrogen (secondary N) is 2. The predicted molar refractivity (Wildman–Crippen MR) is 70.4 cm³/mol. The van der Waals surface area contributed by atoms with Crippen LogP contribution in [0.2, 0.25) is 0 Å². The molecule has 0 unspecified atom stereocenters. The van der Waals surface area contributed by atoms with Crippen LogP contribution in [0.15, 0.2) is 30.9 Å². The molecule has 1 heterocycles. The normalized spacial score (nSPS) is 13.4. The SMILES string of the molecule is C=CCCNC(=O)c1ccc2c(c1)CCCN2. The van der Waals surface area contributed by atoms with Gasteiger partial charge in [-0.15, -0.1) is 6.58 Å². The molecule has 1 aliphatic heterocycles. The topological polar surface area (TPSA) is 41.1 Å². The molecule has 1 amide bonds. The molecular formula is C14H18N2O. The summed E-state index contributed by atoms with van der Waals surface area (Å²) >= 11 is 0. The van der Waals surface area contributed by atoms with Gasteiger partial charge in [-0.2, -0.15) is 0 Å². The minimum atomic E-state index is 0.000207. The molecular weight excluding hydrogens is 212 g/mol. The first-order valence-electron chi connectivity index (χ1n) is 6.07. The van der Waals surface area contributed by atoms with Gasteiger partial charge in [0.2, 0.25) is 0 Å². The molecule has 0 bridgehead atoms. The average Bonchev–Trinajstić information content (AvgIpc) is 2.38. The zero-order valence-electron chi connectivity index (χ0n) is 9.96. The summed E-state index contributed by atoms with van der Waals surface area (Å²) in [5.41, 5.74) is 3.16. The van der Waals surface area contributed by atoms with Crippen molar-refractivity contribution in [3.8, 4) is 0 Å². The second kappa shape index (κ2) is 5.53. The minimum absolute atomic E-state index is 0.000207. The summed E-state index contributed by atoms with van der Waals surface area (Å²) in [4.78, 5) is 11.8. The van der Waals surface area contributed by atoms with Crippen molar-refractivity contribution in [1.29, 1.82) is 0 Å². The number of carbonyl (C=O) groups excluding carboxylic acids is 1. The first-order chi connectivity index (χ1) is 8.31. The summed E-state index contributed by atoms with van der Waals surface area (Å²) in [5.74, 6) is 0.000207. The third-order valence-corrected chi connectivity index (χ3v) is 2.94. The van der Waals surface area contributed by atoms with Crippen LogP contribution in [0.5, 0.6) is 0 Å². The Balaban J connectivity index is 2.05. The molecule has 0 saturated carbocycles. The van der Waals surface area contributed by atoms with Crippen molar-refractivity contribution in [2.24, 2.45) is 0 Å². The van der Waals surface area contributed by atoms with Crippen molar-refractivity contribution in [3.63, 3.8) is 0 Å². The maximum Gasteiger partial charge on any atom is 0.251 e. The molecule has 0 spiro atoms. The Labute approximate surface area is 102 Å². The third-order valence-electron chi connectivity index (χ3n) is 2.94. The van der Waals surface area contributed by atoms with Crippen molar-refractivity contribution in [1.82, 2.24) is 5.32 Å². The lowest BCUT2D eigenvalue weighted by Crippen LogP contribution is -2.24. The highest BCUT2D eigenvalue weighted by atomic mass is 16.1. The van der Waals surface area contributed by atoms with E-state index in [0.29, 0.717) is 6.54 Å². The van der Waals surface area contributed by atoms with Crippen LogP contribution in [0.1, 0.15) is 28.8 Å². The molecule has 0 saturated heterocycles. The first kappa shape index (κ1) is 11.7. The van der Waals surface area contributed by atoms with Crippen LogP contribution in [-0.2, 0) is 6.42 Å². The number of amides is 1. The van der Waals surface area contributed by atoms with Crippen LogP contribution < -0.4 is 10.6 Å². The van der Waals surface area contributed by atoms with E-state index in [-0.39, 0.29) is 5.91 Å². The lowest BCUT2D eigenvalue weighted by Gasteiger charge is -2.18. The van der Waals surface area contributed by atoms with Crippen LogP contribution >= 0.6 is 0 Å². The van der Waals surface area contributed by atoms with Crippen molar-refractivity contribution < 1.29 is 4.79 Å². The molecule has 2 N–H and O–H groups in total. The number of aryl methyl sites for hydroxylation is 1. The number of fused-ring (bicyclic) bond motifs is 1. The summed E-state index contributed by atoms with van der Waals surface area (Å²) in [5, 5.41) is 6.21. The van der Waals surface area contributed by atoms with Crippen LogP contribution in [0.4, 0.5) is 5.69 Å². The highest BCUT2D eigenvalue weighted by molar-refractivity contribution is 5.94. The van der Waals surface area contributed by atoms with Crippen LogP contribution in [0.3, 0.4) is 0 Å². The van der Waals surface area contributed by atoms with Gasteiger partial charge < -0.3 is 10.6 Å². The van der Waals surface area contributed by atoms with Gasteiger partial charge in [-0.1, -0.05) is 6.08 Å². The Morgan fingerprint density at radius 2 is 2.41 bits per heavy atom. The van der Waals surface area contributed by atoms with Gasteiger partial charge in [0.05, 0.1) is 0 Å². The fourth-order valence-corrected chi connectivity index (χ4v) is 2.01. The molecule has 90 valence electrons. The third kappa shape index (κ3) is 2.87. The summed E-state index contributed by atoms with van der Waals surface area (Å²) in [6.07, 6.45) is 4.79. The highest BCUT2D eigenvalue weighted by Gasteiger charge is 2.11. The Morgan fingerprint density at radius 1 is 1.53 bits per heavy atom. The van der Waals surface area contributed by atoms with Crippen LogP contribution in [0.25, 0.3) is 0 Å². The molecule has 0 fully saturated rings. The van der Waals surface area contributed by atoms with Crippen molar-refractivity contribution in [3.05, 3.63) is 42.0 Å². The summed E-state index contributed by atoms with van der Waals surface area (Å²) in [6, 6.07) is 5.86. The minimum Gasteiger partial charge on any atom is -0.385 e. The highest BCUT2D eigenvalue weighted by Crippen LogP contribution is 2.22. The zero-order valence-corrected chi connectivity index (χ0v) is 9.96. The average molecular weight is 230 g/mol. The van der Waals surface area contributed by atoms with Gasteiger partial charge in [0.15, 0.2) is 0 Å². The molecule has 3 heteroatoms. The Hall–Kier alpha value is -1.77. The van der Waals surface area contributed by atoms with E-state index in [9.17, 15) is 4.79 Å². The van der Waals surface area contributed by atoms with E-state index in [1.54, 1.807) is 6.08 Å². The number of carbonyl (C=O) groups is 1. The van der Waals surface area contributed by atoms with Crippen LogP contribution in [-0.4, -0.2) is 19.0 Å². The Kier molecular flexibility index (Phi) is 3.81. The summed E-state index contributed by atoms with van der Waals surface area (Å²) in [7, 11) is 0. The van der Waals surface area contributed by atoms with E-state index in [2.05, 4.69) is 17.2 Å². The Bertz CT molecular complexity index is 426. The van der Waals surface area contributed by atoms with Gasteiger partial charge in [0.1, 0.15) is 0 Å². The van der Waals surface area contributed by atoms with Gasteiger partial charge in [0.25, 0.3) is 5.91 Å². The van der Waals surface area contributed by atoms with E-state index < -0.39 is 0 Å². The van der Waals surface area contributed by atoms with Crippen molar-refractivity contribution in [2.45, 2.75) is 19.3 Å². The molecule has 17 heavy (non-hydrogen) atoms. The number of benzene rings is 1. The molecule has 0 aliphatic carbocycles. The summed E-state index contributed by atoms with van der Waals surface area (Å²) in [6.45, 7) is 5.30. The lowest BCUT2D eigenvalue weighted by atomic mass is 10.0. The van der Waals surface area contributed by atoms with Gasteiger partial charge >= 0.3 is 0 Å². The number of hydrogen-bond donors (Lipinski definition) is 2. The number of hydrogen-bond acceptors (Lipinski definition) is 2. The number of rotatable bonds is 4. The monoisotopic (exact) mass is 230 g/mol. The van der Waals surface area contributed by atoms with E-state index in [4.69, 9.17) is 0 Å². The van der Waals surface area contributed by atoms with Gasteiger partial charge in [-0.05, 0) is 43.0 Å². The second-order valence-electron chi connectivity index (χ2n) is 4.24. The van der Waals surface area contributed by atoms with E-state index in [1.165, 1.54) is 11.3 Å². The standard InChI is InChI=1S/C14H18N2O/c1-2-3-8-16-14(17)12-6-7-13-11(10-12)5-4-9-15-13/h2,6-7,10,15H,1,3-5,8-9H2,(H,16,17). The first-order valence-corrected chi connectivity index (χ1v) is 6.07. The molecule has 0 atom stereocenters. The second-order valence-corrected chi connectivity index (χ2v) is 4.24. The molecule has 3 nitrogen and oxygen atoms in total. The van der Waals surface area contributed by atoms with Gasteiger partial charge in [-0.25, -0.2) is 0 Å². The smallest absolute Gasteiger partial charge is 0.251 e. The van der Waals surface area contributed by atoms with Crippen molar-refractivity contribution >= 4 is 11.6 Å². The fraction of sp³-hybridized carbons (Fsp3) is 0.357. The molecule has 1 aliphatic rings. The largest absolute Gasteiger partial charge is 0.385 e. The fourth-order valence-electron chi connectivity index (χ4n) is 2.01. The molecule has 1 aromatic carbocycles. The van der Waals surface area contributed by atoms with Crippen molar-refractivity contribution in [2.75, 3.05) is 18.4 Å². The van der Waals surface area contributed by atoms with Gasteiger partial charge in [0, 0.05) is 24.3 Å². The number of anilines is 1. The summed E-state index contributed by atoms with van der Waals surface area (Å²) < 4.78 is 0. The van der Waals surface area contributed by atoms with Crippen LogP contribution in [0, 0.1) is 0 Å². The Morgan fingerprint density at radius 3 is 3.24 bits per heavy atom. The van der Waals surface area contributed by atoms with Gasteiger partial charge in [-0.3, -0.25) is 4.79 Å². The van der Waals surface area contributed by atoms with E-state index in [1.807, 2.05) is 18.2 Å². The molecule has 2 rings (SSSR count). The zero-order chi connectivity index (χ0) is 12.1. The quantitative estimate of drug-likeness (QED) is 0.616. The molecule has 1 aromatic rings. The maximum absolute atomic E-state index is 11.8. The molecule has 0 aromatic heterocycles. The molecule has 0 radical (unpaired) electrons. The lowest BCUT2D eigenvalue weighted by molar-refractivity contribution is 0.0954. The predicted octanol–water partition coefficient (Wildman–Crippen LogP) is 2.35. The van der Waals surface area contributed by atoms with E-state index >= 15 is 0 Å². The maximum atomic E-state index is 11.8.